The minimum atomic E-state index is -5.20. The lowest BCUT2D eigenvalue weighted by molar-refractivity contribution is -0.140. The van der Waals surface area contributed by atoms with Crippen LogP contribution in [0.2, 0.25) is 0 Å². The molecule has 2 aromatic rings. The van der Waals surface area contributed by atoms with Crippen molar-refractivity contribution in [2.24, 2.45) is 0 Å². The van der Waals surface area contributed by atoms with Gasteiger partial charge in [0.05, 0.1) is 5.56 Å². The molecule has 112 valence electrons. The van der Waals surface area contributed by atoms with E-state index in [4.69, 9.17) is 4.74 Å². The minimum Gasteiger partial charge on any atom is -0.451 e. The van der Waals surface area contributed by atoms with Crippen LogP contribution in [0.4, 0.5) is 26.3 Å². The second kappa shape index (κ2) is 5.31. The minimum absolute atomic E-state index is 0.0213. The summed E-state index contributed by atoms with van der Waals surface area (Å²) in [4.78, 5) is 0. The van der Waals surface area contributed by atoms with Gasteiger partial charge in [0.25, 0.3) is 0 Å². The Kier molecular flexibility index (Phi) is 3.85. The van der Waals surface area contributed by atoms with Gasteiger partial charge in [0, 0.05) is 0 Å². The van der Waals surface area contributed by atoms with E-state index in [0.29, 0.717) is 5.56 Å². The van der Waals surface area contributed by atoms with Gasteiger partial charge in [-0.2, -0.15) is 17.6 Å². The number of rotatable bonds is 2. The highest BCUT2D eigenvalue weighted by molar-refractivity contribution is 5.38. The van der Waals surface area contributed by atoms with Crippen molar-refractivity contribution in [2.75, 3.05) is 0 Å². The highest BCUT2D eigenvalue weighted by atomic mass is 19.4. The van der Waals surface area contributed by atoms with Crippen molar-refractivity contribution in [1.82, 2.24) is 0 Å². The summed E-state index contributed by atoms with van der Waals surface area (Å²) in [6.07, 6.45) is -5.20. The highest BCUT2D eigenvalue weighted by Crippen LogP contribution is 2.38. The number of hydrogen-bond acceptors (Lipinski definition) is 1. The van der Waals surface area contributed by atoms with E-state index in [0.717, 1.165) is 0 Å². The third-order valence-corrected chi connectivity index (χ3v) is 2.63. The zero-order valence-electron chi connectivity index (χ0n) is 10.6. The van der Waals surface area contributed by atoms with Crippen LogP contribution in [-0.2, 0) is 6.18 Å². The molecular formula is C14H8F6O. The van der Waals surface area contributed by atoms with E-state index in [1.807, 2.05) is 0 Å². The van der Waals surface area contributed by atoms with Gasteiger partial charge in [-0.1, -0.05) is 12.1 Å². The molecule has 0 N–H and O–H groups in total. The fourth-order valence-corrected chi connectivity index (χ4v) is 1.67. The van der Waals surface area contributed by atoms with Crippen molar-refractivity contribution in [3.63, 3.8) is 0 Å². The van der Waals surface area contributed by atoms with Crippen molar-refractivity contribution < 1.29 is 31.1 Å². The molecule has 0 saturated carbocycles. The van der Waals surface area contributed by atoms with E-state index in [1.165, 1.54) is 18.2 Å². The van der Waals surface area contributed by atoms with Gasteiger partial charge in [-0.25, -0.2) is 8.78 Å². The molecule has 0 bridgehead atoms. The lowest BCUT2D eigenvalue weighted by atomic mass is 10.1. The molecule has 0 amide bonds. The third-order valence-electron chi connectivity index (χ3n) is 2.63. The van der Waals surface area contributed by atoms with Crippen molar-refractivity contribution in [3.8, 4) is 11.5 Å². The van der Waals surface area contributed by atoms with Gasteiger partial charge in [0.2, 0.25) is 11.6 Å². The molecule has 2 rings (SSSR count). The predicted octanol–water partition coefficient (Wildman–Crippen LogP) is 5.22. The molecule has 0 aliphatic carbocycles. The molecule has 21 heavy (non-hydrogen) atoms. The second-order valence-electron chi connectivity index (χ2n) is 4.28. The Labute approximate surface area is 115 Å². The Balaban J connectivity index is 2.49. The first kappa shape index (κ1) is 15.2. The summed E-state index contributed by atoms with van der Waals surface area (Å²) in [7, 11) is 0. The zero-order valence-corrected chi connectivity index (χ0v) is 10.6. The van der Waals surface area contributed by atoms with Crippen molar-refractivity contribution in [1.29, 1.82) is 0 Å². The Hall–Kier alpha value is -2.18. The average molecular weight is 306 g/mol. The summed E-state index contributed by atoms with van der Waals surface area (Å²) in [5.41, 5.74) is -1.32. The topological polar surface area (TPSA) is 9.23 Å². The third kappa shape index (κ3) is 3.12. The molecule has 0 heterocycles. The molecule has 0 saturated heterocycles. The van der Waals surface area contributed by atoms with E-state index in [9.17, 15) is 26.3 Å². The summed E-state index contributed by atoms with van der Waals surface area (Å²) in [6.45, 7) is 1.67. The standard InChI is InChI=1S/C14H8F6O/c1-7-3-2-4-8(5-7)21-13-10(15)6-9(14(18,19)20)11(16)12(13)17/h2-6H,1H3. The van der Waals surface area contributed by atoms with Crippen LogP contribution in [0.15, 0.2) is 30.3 Å². The first-order valence-corrected chi connectivity index (χ1v) is 5.69. The number of halogens is 6. The maximum Gasteiger partial charge on any atom is 0.419 e. The van der Waals surface area contributed by atoms with E-state index in [2.05, 4.69) is 0 Å². The summed E-state index contributed by atoms with van der Waals surface area (Å²) in [6, 6.07) is 5.78. The Morgan fingerprint density at radius 1 is 0.952 bits per heavy atom. The van der Waals surface area contributed by atoms with Crippen LogP contribution < -0.4 is 4.74 Å². The molecule has 0 unspecified atom stereocenters. The molecule has 1 nitrogen and oxygen atoms in total. The van der Waals surface area contributed by atoms with Crippen LogP contribution in [0.1, 0.15) is 11.1 Å². The fraction of sp³-hybridized carbons (Fsp3) is 0.143. The van der Waals surface area contributed by atoms with Gasteiger partial charge in [-0.3, -0.25) is 0 Å². The van der Waals surface area contributed by atoms with Crippen LogP contribution in [0.5, 0.6) is 11.5 Å². The fourth-order valence-electron chi connectivity index (χ4n) is 1.67. The lowest BCUT2D eigenvalue weighted by Gasteiger charge is -2.13. The van der Waals surface area contributed by atoms with Gasteiger partial charge in [0.1, 0.15) is 5.75 Å². The molecule has 7 heteroatoms. The van der Waals surface area contributed by atoms with E-state index in [-0.39, 0.29) is 11.8 Å². The summed E-state index contributed by atoms with van der Waals surface area (Å²) < 4.78 is 82.6. The van der Waals surface area contributed by atoms with Gasteiger partial charge in [-0.05, 0) is 30.7 Å². The molecule has 0 spiro atoms. The number of ether oxygens (including phenoxy) is 1. The maximum atomic E-state index is 13.6. The van der Waals surface area contributed by atoms with Gasteiger partial charge < -0.3 is 4.74 Å². The SMILES string of the molecule is Cc1cccc(Oc2c(F)cc(C(F)(F)F)c(F)c2F)c1. The van der Waals surface area contributed by atoms with Crippen molar-refractivity contribution in [2.45, 2.75) is 13.1 Å². The Morgan fingerprint density at radius 2 is 1.62 bits per heavy atom. The van der Waals surface area contributed by atoms with Crippen LogP contribution >= 0.6 is 0 Å². The first-order chi connectivity index (χ1) is 9.70. The molecule has 0 aliphatic rings. The number of hydrogen-bond donors (Lipinski definition) is 0. The smallest absolute Gasteiger partial charge is 0.419 e. The van der Waals surface area contributed by atoms with E-state index < -0.39 is 34.9 Å². The molecular weight excluding hydrogens is 298 g/mol. The monoisotopic (exact) mass is 306 g/mol. The van der Waals surface area contributed by atoms with Crippen molar-refractivity contribution in [3.05, 3.63) is 58.9 Å². The van der Waals surface area contributed by atoms with E-state index in [1.54, 1.807) is 13.0 Å². The van der Waals surface area contributed by atoms with Crippen LogP contribution in [0.3, 0.4) is 0 Å². The molecule has 0 aromatic heterocycles. The largest absolute Gasteiger partial charge is 0.451 e. The zero-order chi connectivity index (χ0) is 15.8. The molecule has 0 atom stereocenters. The summed E-state index contributed by atoms with van der Waals surface area (Å²) in [5, 5.41) is 0. The Bertz CT molecular complexity index is 678. The quantitative estimate of drug-likeness (QED) is 0.546. The van der Waals surface area contributed by atoms with Gasteiger partial charge >= 0.3 is 6.18 Å². The summed E-state index contributed by atoms with van der Waals surface area (Å²) in [5.74, 6) is -7.10. The number of alkyl halides is 3. The first-order valence-electron chi connectivity index (χ1n) is 5.69. The maximum absolute atomic E-state index is 13.6. The lowest BCUT2D eigenvalue weighted by Crippen LogP contribution is -2.11. The molecule has 0 aliphatic heterocycles. The van der Waals surface area contributed by atoms with Gasteiger partial charge in [0.15, 0.2) is 11.6 Å². The van der Waals surface area contributed by atoms with E-state index >= 15 is 0 Å². The molecule has 0 fully saturated rings. The van der Waals surface area contributed by atoms with Crippen LogP contribution in [0.25, 0.3) is 0 Å². The highest BCUT2D eigenvalue weighted by Gasteiger charge is 2.38. The summed E-state index contributed by atoms with van der Waals surface area (Å²) >= 11 is 0. The molecule has 0 radical (unpaired) electrons. The van der Waals surface area contributed by atoms with Crippen LogP contribution in [0, 0.1) is 24.4 Å². The average Bonchev–Trinajstić information content (AvgIpc) is 2.37. The number of benzene rings is 2. The van der Waals surface area contributed by atoms with Crippen molar-refractivity contribution >= 4 is 0 Å². The van der Waals surface area contributed by atoms with Crippen LogP contribution in [-0.4, -0.2) is 0 Å². The number of aryl methyl sites for hydroxylation is 1. The second-order valence-corrected chi connectivity index (χ2v) is 4.28. The predicted molar refractivity (Wildman–Crippen MR) is 62.6 cm³/mol. The van der Waals surface area contributed by atoms with Gasteiger partial charge in [-0.15, -0.1) is 0 Å². The molecule has 2 aromatic carbocycles. The Morgan fingerprint density at radius 3 is 2.19 bits per heavy atom. The normalized spacial score (nSPS) is 11.6.